The SMILES string of the molecule is CC(C)(CO)Cc1cccc(/C=C/CN2C(=O)c3ccccc3C2=O)c1. The maximum atomic E-state index is 12.3. The number of fused-ring (bicyclic) bond motifs is 1. The molecule has 1 aliphatic rings. The summed E-state index contributed by atoms with van der Waals surface area (Å²) in [5.74, 6) is -0.484. The zero-order valence-electron chi connectivity index (χ0n) is 15.1. The van der Waals surface area contributed by atoms with Gasteiger partial charge in [0.1, 0.15) is 0 Å². The molecule has 0 bridgehead atoms. The Hall–Kier alpha value is -2.72. The number of aliphatic hydroxyl groups excluding tert-OH is 1. The largest absolute Gasteiger partial charge is 0.396 e. The third-order valence-electron chi connectivity index (χ3n) is 4.54. The van der Waals surface area contributed by atoms with Gasteiger partial charge in [-0.1, -0.05) is 62.4 Å². The standard InChI is InChI=1S/C22H23NO3/c1-22(2,15-24)14-17-8-5-7-16(13-17)9-6-12-23-20(25)18-10-3-4-11-19(18)21(23)26/h3-11,13,24H,12,14-15H2,1-2H3/b9-6+. The van der Waals surface area contributed by atoms with Crippen molar-refractivity contribution in [2.75, 3.05) is 13.2 Å². The molecule has 3 rings (SSSR count). The van der Waals surface area contributed by atoms with Crippen LogP contribution >= 0.6 is 0 Å². The Labute approximate surface area is 153 Å². The van der Waals surface area contributed by atoms with E-state index in [-0.39, 0.29) is 30.4 Å². The molecule has 4 nitrogen and oxygen atoms in total. The third kappa shape index (κ3) is 3.75. The number of imide groups is 1. The smallest absolute Gasteiger partial charge is 0.261 e. The number of rotatable bonds is 6. The Morgan fingerprint density at radius 2 is 1.65 bits per heavy atom. The van der Waals surface area contributed by atoms with Crippen molar-refractivity contribution in [3.05, 3.63) is 76.9 Å². The van der Waals surface area contributed by atoms with E-state index in [0.717, 1.165) is 17.5 Å². The summed E-state index contributed by atoms with van der Waals surface area (Å²) >= 11 is 0. The van der Waals surface area contributed by atoms with Gasteiger partial charge < -0.3 is 5.11 Å². The topological polar surface area (TPSA) is 57.6 Å². The number of nitrogens with zero attached hydrogens (tertiary/aromatic N) is 1. The van der Waals surface area contributed by atoms with Crippen molar-refractivity contribution < 1.29 is 14.7 Å². The van der Waals surface area contributed by atoms with Crippen LogP contribution in [-0.4, -0.2) is 35.0 Å². The van der Waals surface area contributed by atoms with Gasteiger partial charge in [0.15, 0.2) is 0 Å². The van der Waals surface area contributed by atoms with Crippen LogP contribution in [0.3, 0.4) is 0 Å². The van der Waals surface area contributed by atoms with Crippen molar-refractivity contribution in [3.63, 3.8) is 0 Å². The molecule has 2 aromatic carbocycles. The zero-order valence-corrected chi connectivity index (χ0v) is 15.1. The van der Waals surface area contributed by atoms with E-state index in [9.17, 15) is 14.7 Å². The fourth-order valence-corrected chi connectivity index (χ4v) is 3.11. The number of hydrogen-bond donors (Lipinski definition) is 1. The van der Waals surface area contributed by atoms with Crippen molar-refractivity contribution in [2.45, 2.75) is 20.3 Å². The minimum atomic E-state index is -0.242. The average molecular weight is 349 g/mol. The minimum absolute atomic E-state index is 0.132. The van der Waals surface area contributed by atoms with Crippen LogP contribution in [0.25, 0.3) is 6.08 Å². The number of benzene rings is 2. The molecule has 0 saturated carbocycles. The first-order valence-corrected chi connectivity index (χ1v) is 8.73. The summed E-state index contributed by atoms with van der Waals surface area (Å²) in [6.45, 7) is 4.43. The van der Waals surface area contributed by atoms with Crippen molar-refractivity contribution in [1.29, 1.82) is 0 Å². The molecule has 1 N–H and O–H groups in total. The summed E-state index contributed by atoms with van der Waals surface area (Å²) in [5.41, 5.74) is 2.93. The third-order valence-corrected chi connectivity index (χ3v) is 4.54. The fraction of sp³-hybridized carbons (Fsp3) is 0.273. The van der Waals surface area contributed by atoms with Gasteiger partial charge in [0.05, 0.1) is 11.1 Å². The number of carbonyl (C=O) groups is 2. The van der Waals surface area contributed by atoms with Gasteiger partial charge >= 0.3 is 0 Å². The predicted octanol–water partition coefficient (Wildman–Crippen LogP) is 3.56. The lowest BCUT2D eigenvalue weighted by atomic mass is 9.86. The molecular weight excluding hydrogens is 326 g/mol. The van der Waals surface area contributed by atoms with Crippen LogP contribution in [-0.2, 0) is 6.42 Å². The second kappa shape index (κ2) is 7.26. The lowest BCUT2D eigenvalue weighted by Gasteiger charge is -2.21. The molecule has 0 radical (unpaired) electrons. The van der Waals surface area contributed by atoms with Crippen LogP contribution in [0.5, 0.6) is 0 Å². The van der Waals surface area contributed by atoms with Gasteiger partial charge in [0.2, 0.25) is 0 Å². The lowest BCUT2D eigenvalue weighted by molar-refractivity contribution is 0.0672. The van der Waals surface area contributed by atoms with Crippen LogP contribution in [0.4, 0.5) is 0 Å². The number of hydrogen-bond acceptors (Lipinski definition) is 3. The molecule has 2 amide bonds. The molecule has 0 spiro atoms. The molecule has 0 saturated heterocycles. The Bertz CT molecular complexity index is 832. The van der Waals surface area contributed by atoms with E-state index in [0.29, 0.717) is 11.1 Å². The van der Waals surface area contributed by atoms with Gasteiger partial charge in [-0.3, -0.25) is 14.5 Å². The molecule has 0 aliphatic carbocycles. The first-order chi connectivity index (χ1) is 12.4. The highest BCUT2D eigenvalue weighted by atomic mass is 16.3. The zero-order chi connectivity index (χ0) is 18.7. The maximum Gasteiger partial charge on any atom is 0.261 e. The van der Waals surface area contributed by atoms with E-state index >= 15 is 0 Å². The van der Waals surface area contributed by atoms with Gasteiger partial charge in [0.25, 0.3) is 11.8 Å². The number of aliphatic hydroxyl groups is 1. The van der Waals surface area contributed by atoms with E-state index in [1.54, 1.807) is 24.3 Å². The minimum Gasteiger partial charge on any atom is -0.396 e. The van der Waals surface area contributed by atoms with Gasteiger partial charge in [-0.15, -0.1) is 0 Å². The maximum absolute atomic E-state index is 12.3. The first-order valence-electron chi connectivity index (χ1n) is 8.73. The quantitative estimate of drug-likeness (QED) is 0.811. The van der Waals surface area contributed by atoms with E-state index in [1.807, 2.05) is 44.2 Å². The second-order valence-corrected chi connectivity index (χ2v) is 7.41. The van der Waals surface area contributed by atoms with E-state index < -0.39 is 0 Å². The molecule has 4 heteroatoms. The van der Waals surface area contributed by atoms with Crippen LogP contribution < -0.4 is 0 Å². The highest BCUT2D eigenvalue weighted by molar-refractivity contribution is 6.21. The summed E-state index contributed by atoms with van der Waals surface area (Å²) in [6.07, 6.45) is 4.53. The fourth-order valence-electron chi connectivity index (χ4n) is 3.11. The van der Waals surface area contributed by atoms with E-state index in [2.05, 4.69) is 6.07 Å². The summed E-state index contributed by atoms with van der Waals surface area (Å²) in [4.78, 5) is 25.9. The van der Waals surface area contributed by atoms with Crippen LogP contribution in [0.2, 0.25) is 0 Å². The Morgan fingerprint density at radius 1 is 1.00 bits per heavy atom. The normalized spacial score (nSPS) is 14.3. The molecular formula is C22H23NO3. The van der Waals surface area contributed by atoms with Crippen molar-refractivity contribution >= 4 is 17.9 Å². The van der Waals surface area contributed by atoms with Crippen LogP contribution in [0.15, 0.2) is 54.6 Å². The molecule has 0 unspecified atom stereocenters. The van der Waals surface area contributed by atoms with Gasteiger partial charge in [-0.2, -0.15) is 0 Å². The van der Waals surface area contributed by atoms with E-state index in [1.165, 1.54) is 4.90 Å². The Morgan fingerprint density at radius 3 is 2.27 bits per heavy atom. The van der Waals surface area contributed by atoms with Crippen molar-refractivity contribution in [2.24, 2.45) is 5.41 Å². The average Bonchev–Trinajstić information content (AvgIpc) is 2.87. The second-order valence-electron chi connectivity index (χ2n) is 7.41. The highest BCUT2D eigenvalue weighted by Crippen LogP contribution is 2.23. The predicted molar refractivity (Wildman–Crippen MR) is 102 cm³/mol. The van der Waals surface area contributed by atoms with Crippen LogP contribution in [0.1, 0.15) is 45.7 Å². The lowest BCUT2D eigenvalue weighted by Crippen LogP contribution is -2.29. The van der Waals surface area contributed by atoms with Crippen molar-refractivity contribution in [1.82, 2.24) is 4.90 Å². The number of carbonyl (C=O) groups excluding carboxylic acids is 2. The summed E-state index contributed by atoms with van der Waals surface area (Å²) < 4.78 is 0. The monoisotopic (exact) mass is 349 g/mol. The highest BCUT2D eigenvalue weighted by Gasteiger charge is 2.34. The molecule has 134 valence electrons. The molecule has 26 heavy (non-hydrogen) atoms. The van der Waals surface area contributed by atoms with Crippen molar-refractivity contribution in [3.8, 4) is 0 Å². The molecule has 2 aromatic rings. The molecule has 0 aromatic heterocycles. The van der Waals surface area contributed by atoms with Gasteiger partial charge in [-0.25, -0.2) is 0 Å². The first kappa shape index (κ1) is 18.1. The number of amides is 2. The summed E-state index contributed by atoms with van der Waals surface area (Å²) in [5, 5.41) is 9.43. The molecule has 1 aliphatic heterocycles. The summed E-state index contributed by atoms with van der Waals surface area (Å²) in [6, 6.07) is 15.0. The Balaban J connectivity index is 1.68. The molecule has 0 atom stereocenters. The molecule has 0 fully saturated rings. The summed E-state index contributed by atoms with van der Waals surface area (Å²) in [7, 11) is 0. The van der Waals surface area contributed by atoms with Gasteiger partial charge in [-0.05, 0) is 35.1 Å². The van der Waals surface area contributed by atoms with Crippen LogP contribution in [0, 0.1) is 5.41 Å². The van der Waals surface area contributed by atoms with Gasteiger partial charge in [0, 0.05) is 13.2 Å². The molecule has 1 heterocycles. The van der Waals surface area contributed by atoms with E-state index in [4.69, 9.17) is 0 Å². The Kier molecular flexibility index (Phi) is 5.05.